The van der Waals surface area contributed by atoms with E-state index < -0.39 is 10.0 Å². The molecule has 2 aromatic carbocycles. The third-order valence-corrected chi connectivity index (χ3v) is 5.98. The fourth-order valence-electron chi connectivity index (χ4n) is 3.42. The molecule has 0 unspecified atom stereocenters. The van der Waals surface area contributed by atoms with Gasteiger partial charge in [-0.15, -0.1) is 0 Å². The molecule has 1 aliphatic heterocycles. The van der Waals surface area contributed by atoms with Crippen LogP contribution in [0.25, 0.3) is 0 Å². The molecule has 3 rings (SSSR count). The molecule has 0 aliphatic carbocycles. The van der Waals surface area contributed by atoms with Gasteiger partial charge in [0.05, 0.1) is 10.6 Å². The van der Waals surface area contributed by atoms with Gasteiger partial charge in [-0.2, -0.15) is 0 Å². The van der Waals surface area contributed by atoms with Gasteiger partial charge in [0, 0.05) is 18.7 Å². The van der Waals surface area contributed by atoms with Crippen molar-refractivity contribution in [3.63, 3.8) is 0 Å². The summed E-state index contributed by atoms with van der Waals surface area (Å²) in [6.45, 7) is 7.24. The SMILES string of the molecule is CC(=O)N1c2ccc(S(=O)(=O)Nc3c(C)cccc3C)cc2C[C@@H]1C. The topological polar surface area (TPSA) is 66.5 Å². The van der Waals surface area contributed by atoms with Crippen LogP contribution < -0.4 is 9.62 Å². The maximum Gasteiger partial charge on any atom is 0.261 e. The first kappa shape index (κ1) is 17.5. The van der Waals surface area contributed by atoms with Crippen LogP contribution in [-0.4, -0.2) is 20.4 Å². The molecule has 0 saturated carbocycles. The lowest BCUT2D eigenvalue weighted by Crippen LogP contribution is -2.33. The van der Waals surface area contributed by atoms with Gasteiger partial charge in [-0.05, 0) is 62.1 Å². The number of hydrogen-bond acceptors (Lipinski definition) is 3. The molecule has 5 nitrogen and oxygen atoms in total. The predicted molar refractivity (Wildman–Crippen MR) is 99.5 cm³/mol. The number of carbonyl (C=O) groups is 1. The van der Waals surface area contributed by atoms with E-state index in [1.165, 1.54) is 6.92 Å². The predicted octanol–water partition coefficient (Wildman–Crippen LogP) is 3.40. The van der Waals surface area contributed by atoms with Gasteiger partial charge in [-0.3, -0.25) is 9.52 Å². The second kappa shape index (κ2) is 6.19. The van der Waals surface area contributed by atoms with E-state index >= 15 is 0 Å². The van der Waals surface area contributed by atoms with Gasteiger partial charge in [0.2, 0.25) is 5.91 Å². The van der Waals surface area contributed by atoms with E-state index in [1.807, 2.05) is 39.0 Å². The van der Waals surface area contributed by atoms with Gasteiger partial charge in [-0.25, -0.2) is 8.42 Å². The fourth-order valence-corrected chi connectivity index (χ4v) is 4.68. The molecule has 6 heteroatoms. The lowest BCUT2D eigenvalue weighted by molar-refractivity contribution is -0.116. The van der Waals surface area contributed by atoms with E-state index in [2.05, 4.69) is 4.72 Å². The average Bonchev–Trinajstić information content (AvgIpc) is 2.86. The van der Waals surface area contributed by atoms with Crippen LogP contribution in [0, 0.1) is 13.8 Å². The summed E-state index contributed by atoms with van der Waals surface area (Å²) in [6, 6.07) is 10.6. The van der Waals surface area contributed by atoms with Gasteiger partial charge in [0.25, 0.3) is 10.0 Å². The molecule has 132 valence electrons. The molecule has 1 atom stereocenters. The largest absolute Gasteiger partial charge is 0.309 e. The maximum atomic E-state index is 12.8. The van der Waals surface area contributed by atoms with Crippen LogP contribution in [0.5, 0.6) is 0 Å². The third-order valence-electron chi connectivity index (χ3n) is 4.63. The number of sulfonamides is 1. The summed E-state index contributed by atoms with van der Waals surface area (Å²) >= 11 is 0. The van der Waals surface area contributed by atoms with Crippen molar-refractivity contribution >= 4 is 27.3 Å². The van der Waals surface area contributed by atoms with E-state index in [4.69, 9.17) is 0 Å². The minimum atomic E-state index is -3.69. The van der Waals surface area contributed by atoms with Crippen molar-refractivity contribution in [1.29, 1.82) is 0 Å². The standard InChI is InChI=1S/C19H22N2O3S/c1-12-6-5-7-13(2)19(12)20-25(23,24)17-8-9-18-16(11-17)10-14(3)21(18)15(4)22/h5-9,11,14,20H,10H2,1-4H3/t14-/m0/s1. The lowest BCUT2D eigenvalue weighted by atomic mass is 10.1. The van der Waals surface area contributed by atoms with Crippen LogP contribution in [-0.2, 0) is 21.2 Å². The zero-order valence-corrected chi connectivity index (χ0v) is 15.6. The number of aryl methyl sites for hydroxylation is 2. The molecule has 1 amide bonds. The number of hydrogen-bond donors (Lipinski definition) is 1. The van der Waals surface area contributed by atoms with Crippen LogP contribution in [0.2, 0.25) is 0 Å². The van der Waals surface area contributed by atoms with Gasteiger partial charge >= 0.3 is 0 Å². The molecule has 0 fully saturated rings. The summed E-state index contributed by atoms with van der Waals surface area (Å²) in [7, 11) is -3.69. The molecule has 1 heterocycles. The average molecular weight is 358 g/mol. The number of nitrogens with one attached hydrogen (secondary N) is 1. The van der Waals surface area contributed by atoms with Gasteiger partial charge in [0.1, 0.15) is 0 Å². The van der Waals surface area contributed by atoms with Crippen LogP contribution in [0.15, 0.2) is 41.3 Å². The van der Waals surface area contributed by atoms with E-state index in [1.54, 1.807) is 23.1 Å². The number of amides is 1. The maximum absolute atomic E-state index is 12.8. The van der Waals surface area contributed by atoms with Crippen molar-refractivity contribution in [3.8, 4) is 0 Å². The quantitative estimate of drug-likeness (QED) is 0.914. The molecule has 0 aromatic heterocycles. The molecule has 0 saturated heterocycles. The molecule has 2 aromatic rings. The summed E-state index contributed by atoms with van der Waals surface area (Å²) < 4.78 is 28.3. The Bertz CT molecular complexity index is 931. The Balaban J connectivity index is 1.98. The molecule has 0 spiro atoms. The van der Waals surface area contributed by atoms with Crippen molar-refractivity contribution in [2.24, 2.45) is 0 Å². The Hall–Kier alpha value is -2.34. The number of carbonyl (C=O) groups excluding carboxylic acids is 1. The van der Waals surface area contributed by atoms with Gasteiger partial charge < -0.3 is 4.90 Å². The second-order valence-corrected chi connectivity index (χ2v) is 8.29. The minimum Gasteiger partial charge on any atom is -0.309 e. The summed E-state index contributed by atoms with van der Waals surface area (Å²) in [5.41, 5.74) is 4.04. The summed E-state index contributed by atoms with van der Waals surface area (Å²) in [5.74, 6) is -0.0319. The molecular weight excluding hydrogens is 336 g/mol. The van der Waals surface area contributed by atoms with Crippen LogP contribution in [0.3, 0.4) is 0 Å². The highest BCUT2D eigenvalue weighted by atomic mass is 32.2. The van der Waals surface area contributed by atoms with Crippen molar-refractivity contribution < 1.29 is 13.2 Å². The van der Waals surface area contributed by atoms with Crippen LogP contribution in [0.1, 0.15) is 30.5 Å². The lowest BCUT2D eigenvalue weighted by Gasteiger charge is -2.20. The number of nitrogens with zero attached hydrogens (tertiary/aromatic N) is 1. The Morgan fingerprint density at radius 2 is 1.80 bits per heavy atom. The molecule has 1 N–H and O–H groups in total. The highest BCUT2D eigenvalue weighted by Crippen LogP contribution is 2.34. The van der Waals surface area contributed by atoms with Crippen molar-refractivity contribution in [1.82, 2.24) is 0 Å². The number of para-hydroxylation sites is 1. The first-order chi connectivity index (χ1) is 11.7. The van der Waals surface area contributed by atoms with Crippen molar-refractivity contribution in [2.45, 2.75) is 45.1 Å². The monoisotopic (exact) mass is 358 g/mol. The summed E-state index contributed by atoms with van der Waals surface area (Å²) in [5, 5.41) is 0. The Morgan fingerprint density at radius 1 is 1.16 bits per heavy atom. The number of anilines is 2. The number of fused-ring (bicyclic) bond motifs is 1. The van der Waals surface area contributed by atoms with E-state index in [-0.39, 0.29) is 16.8 Å². The highest BCUT2D eigenvalue weighted by Gasteiger charge is 2.30. The third kappa shape index (κ3) is 3.14. The van der Waals surface area contributed by atoms with Gasteiger partial charge in [0.15, 0.2) is 0 Å². The minimum absolute atomic E-state index is 0.0319. The summed E-state index contributed by atoms with van der Waals surface area (Å²) in [6.07, 6.45) is 0.654. The van der Waals surface area contributed by atoms with Crippen LogP contribution in [0.4, 0.5) is 11.4 Å². The van der Waals surface area contributed by atoms with Gasteiger partial charge in [-0.1, -0.05) is 18.2 Å². The second-order valence-electron chi connectivity index (χ2n) is 6.60. The van der Waals surface area contributed by atoms with Crippen molar-refractivity contribution in [3.05, 3.63) is 53.1 Å². The number of benzene rings is 2. The Kier molecular flexibility index (Phi) is 4.33. The highest BCUT2D eigenvalue weighted by molar-refractivity contribution is 7.92. The molecule has 25 heavy (non-hydrogen) atoms. The molecule has 0 bridgehead atoms. The molecular formula is C19H22N2O3S. The zero-order chi connectivity index (χ0) is 18.4. The fraction of sp³-hybridized carbons (Fsp3) is 0.316. The first-order valence-corrected chi connectivity index (χ1v) is 9.71. The summed E-state index contributed by atoms with van der Waals surface area (Å²) in [4.78, 5) is 13.7. The van der Waals surface area contributed by atoms with E-state index in [9.17, 15) is 13.2 Å². The number of rotatable bonds is 3. The Morgan fingerprint density at radius 3 is 2.40 bits per heavy atom. The first-order valence-electron chi connectivity index (χ1n) is 8.22. The van der Waals surface area contributed by atoms with Crippen molar-refractivity contribution in [2.75, 3.05) is 9.62 Å². The normalized spacial score (nSPS) is 16.6. The molecule has 1 aliphatic rings. The van der Waals surface area contributed by atoms with E-state index in [0.717, 1.165) is 22.4 Å². The Labute approximate surface area is 148 Å². The van der Waals surface area contributed by atoms with E-state index in [0.29, 0.717) is 12.1 Å². The van der Waals surface area contributed by atoms with Crippen LogP contribution >= 0.6 is 0 Å². The smallest absolute Gasteiger partial charge is 0.261 e. The molecule has 0 radical (unpaired) electrons. The zero-order valence-electron chi connectivity index (χ0n) is 14.8.